The molecule has 0 aliphatic carbocycles. The number of likely N-dealkylation sites (tertiary alicyclic amines) is 1. The van der Waals surface area contributed by atoms with Crippen LogP contribution in [0.4, 0.5) is 18.3 Å². The van der Waals surface area contributed by atoms with E-state index in [-0.39, 0.29) is 6.54 Å². The van der Waals surface area contributed by atoms with Crippen molar-refractivity contribution in [1.29, 1.82) is 0 Å². The molecule has 1 aliphatic rings. The van der Waals surface area contributed by atoms with Gasteiger partial charge in [0.2, 0.25) is 11.0 Å². The molecule has 0 aromatic carbocycles. The normalized spacial score (nSPS) is 19.1. The molecule has 1 saturated heterocycles. The zero-order valence-corrected chi connectivity index (χ0v) is 12.5. The van der Waals surface area contributed by atoms with Crippen LogP contribution in [0.2, 0.25) is 0 Å². The number of aromatic nitrogens is 2. The van der Waals surface area contributed by atoms with E-state index in [1.165, 1.54) is 11.3 Å². The fraction of sp³-hybridized carbons (Fsp3) is 0.545. The number of hydrogen-bond donors (Lipinski definition) is 1. The lowest BCUT2D eigenvalue weighted by atomic mass is 10.4. The Morgan fingerprint density at radius 2 is 2.29 bits per heavy atom. The Kier molecular flexibility index (Phi) is 5.09. The summed E-state index contributed by atoms with van der Waals surface area (Å²) in [6.45, 7) is 3.03. The lowest BCUT2D eigenvalue weighted by molar-refractivity contribution is -0.157. The summed E-state index contributed by atoms with van der Waals surface area (Å²) in [4.78, 5) is 12.7. The van der Waals surface area contributed by atoms with Gasteiger partial charge in [0, 0.05) is 13.1 Å². The zero-order chi connectivity index (χ0) is 15.5. The number of thioether (sulfide) groups is 1. The van der Waals surface area contributed by atoms with Gasteiger partial charge in [0.25, 0.3) is 0 Å². The summed E-state index contributed by atoms with van der Waals surface area (Å²) < 4.78 is 37.5. The quantitative estimate of drug-likeness (QED) is 0.807. The van der Waals surface area contributed by atoms with Crippen molar-refractivity contribution in [2.75, 3.05) is 25.0 Å². The highest BCUT2D eigenvalue weighted by molar-refractivity contribution is 8.02. The van der Waals surface area contributed by atoms with Crippen molar-refractivity contribution >= 4 is 34.1 Å². The average molecular weight is 338 g/mol. The predicted molar refractivity (Wildman–Crippen MR) is 75.5 cm³/mol. The Labute approximate surface area is 127 Å². The molecule has 0 radical (unpaired) electrons. The minimum Gasteiger partial charge on any atom is -0.357 e. The molecule has 116 valence electrons. The van der Waals surface area contributed by atoms with Crippen LogP contribution in [0.3, 0.4) is 0 Å². The Balaban J connectivity index is 1.90. The molecule has 1 fully saturated rings. The van der Waals surface area contributed by atoms with Gasteiger partial charge in [0.05, 0.1) is 5.25 Å². The molecular weight excluding hydrogens is 325 g/mol. The van der Waals surface area contributed by atoms with Gasteiger partial charge < -0.3 is 10.2 Å². The molecule has 2 heterocycles. The van der Waals surface area contributed by atoms with E-state index < -0.39 is 23.9 Å². The molecule has 1 aromatic rings. The van der Waals surface area contributed by atoms with Gasteiger partial charge in [-0.2, -0.15) is 13.2 Å². The third-order valence-corrected chi connectivity index (χ3v) is 4.89. The second kappa shape index (κ2) is 6.65. The Bertz CT molecular complexity index is 520. The average Bonchev–Trinajstić information content (AvgIpc) is 2.97. The number of halogens is 3. The maximum atomic E-state index is 12.3. The maximum absolute atomic E-state index is 12.3. The third kappa shape index (κ3) is 4.60. The Morgan fingerprint density at radius 1 is 1.52 bits per heavy atom. The first kappa shape index (κ1) is 16.1. The van der Waals surface area contributed by atoms with E-state index in [1.54, 1.807) is 6.08 Å². The highest BCUT2D eigenvalue weighted by Gasteiger charge is 2.40. The van der Waals surface area contributed by atoms with Crippen LogP contribution in [-0.2, 0) is 4.79 Å². The molecule has 1 aromatic heterocycles. The molecule has 0 unspecified atom stereocenters. The van der Waals surface area contributed by atoms with Gasteiger partial charge >= 0.3 is 6.18 Å². The lowest BCUT2D eigenvalue weighted by Gasteiger charge is -2.17. The molecule has 2 rings (SSSR count). The first-order valence-electron chi connectivity index (χ1n) is 6.09. The Hall–Kier alpha value is -1.29. The van der Waals surface area contributed by atoms with Crippen LogP contribution < -0.4 is 5.32 Å². The molecule has 1 amide bonds. The van der Waals surface area contributed by atoms with Gasteiger partial charge in [-0.1, -0.05) is 29.2 Å². The van der Waals surface area contributed by atoms with E-state index in [4.69, 9.17) is 0 Å². The molecule has 0 saturated carbocycles. The van der Waals surface area contributed by atoms with E-state index in [2.05, 4.69) is 22.1 Å². The number of amides is 1. The summed E-state index contributed by atoms with van der Waals surface area (Å²) in [5, 5.41) is 10.8. The number of nitrogens with one attached hydrogen (secondary N) is 1. The minimum absolute atomic E-state index is 0.121. The van der Waals surface area contributed by atoms with E-state index in [0.717, 1.165) is 16.7 Å². The number of carbonyl (C=O) groups is 1. The number of nitrogens with zero attached hydrogens (tertiary/aromatic N) is 3. The van der Waals surface area contributed by atoms with E-state index in [0.29, 0.717) is 22.4 Å². The topological polar surface area (TPSA) is 58.1 Å². The molecule has 1 aliphatic heterocycles. The summed E-state index contributed by atoms with van der Waals surface area (Å²) in [6.07, 6.45) is -2.31. The number of anilines is 1. The molecule has 10 heteroatoms. The van der Waals surface area contributed by atoms with Crippen LogP contribution in [0, 0.1) is 0 Å². The first-order chi connectivity index (χ1) is 9.89. The van der Waals surface area contributed by atoms with Crippen molar-refractivity contribution in [2.24, 2.45) is 0 Å². The van der Waals surface area contributed by atoms with Crippen LogP contribution in [0.25, 0.3) is 0 Å². The smallest absolute Gasteiger partial charge is 0.357 e. The molecule has 1 N–H and O–H groups in total. The van der Waals surface area contributed by atoms with Gasteiger partial charge in [-0.25, -0.2) is 0 Å². The molecule has 5 nitrogen and oxygen atoms in total. The van der Waals surface area contributed by atoms with E-state index in [1.807, 2.05) is 0 Å². The minimum atomic E-state index is -4.36. The number of rotatable bonds is 6. The molecule has 0 bridgehead atoms. The second-order valence-electron chi connectivity index (χ2n) is 4.31. The summed E-state index contributed by atoms with van der Waals surface area (Å²) in [5.41, 5.74) is 0. The first-order valence-corrected chi connectivity index (χ1v) is 7.79. The summed E-state index contributed by atoms with van der Waals surface area (Å²) in [5.74, 6) is -0.492. The SMILES string of the molecule is C=CCNc1nnc(S[C@H]2CCN(CC(F)(F)F)C2=O)s1. The van der Waals surface area contributed by atoms with Crippen LogP contribution in [-0.4, -0.2) is 52.1 Å². The molecular formula is C11H13F3N4OS2. The van der Waals surface area contributed by atoms with E-state index >= 15 is 0 Å². The van der Waals surface area contributed by atoms with Gasteiger partial charge in [-0.05, 0) is 6.42 Å². The fourth-order valence-corrected chi connectivity index (χ4v) is 3.87. The van der Waals surface area contributed by atoms with Crippen molar-refractivity contribution in [3.63, 3.8) is 0 Å². The van der Waals surface area contributed by atoms with Crippen LogP contribution >= 0.6 is 23.1 Å². The predicted octanol–water partition coefficient (Wildman–Crippen LogP) is 2.39. The Morgan fingerprint density at radius 3 is 2.95 bits per heavy atom. The maximum Gasteiger partial charge on any atom is 0.406 e. The largest absolute Gasteiger partial charge is 0.406 e. The monoisotopic (exact) mass is 338 g/mol. The second-order valence-corrected chi connectivity index (χ2v) is 6.74. The highest BCUT2D eigenvalue weighted by Crippen LogP contribution is 2.34. The van der Waals surface area contributed by atoms with Crippen molar-refractivity contribution in [3.8, 4) is 0 Å². The van der Waals surface area contributed by atoms with Crippen molar-refractivity contribution in [3.05, 3.63) is 12.7 Å². The third-order valence-electron chi connectivity index (χ3n) is 2.67. The van der Waals surface area contributed by atoms with Gasteiger partial charge in [0.1, 0.15) is 6.54 Å². The lowest BCUT2D eigenvalue weighted by Crippen LogP contribution is -2.36. The summed E-state index contributed by atoms with van der Waals surface area (Å²) in [7, 11) is 0. The van der Waals surface area contributed by atoms with Crippen molar-refractivity contribution in [2.45, 2.75) is 22.2 Å². The molecule has 0 spiro atoms. The van der Waals surface area contributed by atoms with Crippen LogP contribution in [0.1, 0.15) is 6.42 Å². The van der Waals surface area contributed by atoms with Crippen molar-refractivity contribution in [1.82, 2.24) is 15.1 Å². The van der Waals surface area contributed by atoms with Gasteiger partial charge in [-0.15, -0.1) is 16.8 Å². The number of carbonyl (C=O) groups excluding carboxylic acids is 1. The molecule has 1 atom stereocenters. The van der Waals surface area contributed by atoms with Gasteiger partial charge in [-0.3, -0.25) is 4.79 Å². The standard InChI is InChI=1S/C11H13F3N4OS2/c1-2-4-15-9-16-17-10(21-9)20-7-3-5-18(8(7)19)6-11(12,13)14/h2,7H,1,3-6H2,(H,15,16)/t7-/m0/s1. The van der Waals surface area contributed by atoms with Crippen LogP contribution in [0.5, 0.6) is 0 Å². The summed E-state index contributed by atoms with van der Waals surface area (Å²) in [6, 6.07) is 0. The summed E-state index contributed by atoms with van der Waals surface area (Å²) >= 11 is 2.43. The van der Waals surface area contributed by atoms with E-state index in [9.17, 15) is 18.0 Å². The number of alkyl halides is 3. The fourth-order valence-electron chi connectivity index (χ4n) is 1.80. The zero-order valence-electron chi connectivity index (χ0n) is 10.9. The van der Waals surface area contributed by atoms with Crippen LogP contribution in [0.15, 0.2) is 17.0 Å². The molecule has 21 heavy (non-hydrogen) atoms. The number of hydrogen-bond acceptors (Lipinski definition) is 6. The van der Waals surface area contributed by atoms with Crippen molar-refractivity contribution < 1.29 is 18.0 Å². The van der Waals surface area contributed by atoms with Gasteiger partial charge in [0.15, 0.2) is 4.34 Å². The highest BCUT2D eigenvalue weighted by atomic mass is 32.2.